The van der Waals surface area contributed by atoms with Crippen molar-refractivity contribution in [1.29, 1.82) is 0 Å². The van der Waals surface area contributed by atoms with Gasteiger partial charge >= 0.3 is 0 Å². The molecule has 0 unspecified atom stereocenters. The Balaban J connectivity index is 2.55. The third kappa shape index (κ3) is 2.54. The Hall–Kier alpha value is -1.65. The Morgan fingerprint density at radius 3 is 2.24 bits per heavy atom. The molecule has 0 radical (unpaired) electrons. The summed E-state index contributed by atoms with van der Waals surface area (Å²) in [5, 5.41) is 13.2. The fraction of sp³-hybridized carbons (Fsp3) is 0.308. The van der Waals surface area contributed by atoms with E-state index in [4.69, 9.17) is 9.47 Å². The van der Waals surface area contributed by atoms with Crippen LogP contribution in [0.25, 0.3) is 10.8 Å². The lowest BCUT2D eigenvalue weighted by Gasteiger charge is -2.10. The van der Waals surface area contributed by atoms with E-state index in [0.717, 1.165) is 26.6 Å². The van der Waals surface area contributed by atoms with Crippen molar-refractivity contribution in [2.45, 2.75) is 13.2 Å². The van der Waals surface area contributed by atoms with Gasteiger partial charge in [-0.1, -0.05) is 0 Å². The van der Waals surface area contributed by atoms with Gasteiger partial charge in [0.05, 0.1) is 13.2 Å². The molecule has 0 bridgehead atoms. The zero-order valence-electron chi connectivity index (χ0n) is 9.97. The van der Waals surface area contributed by atoms with Crippen LogP contribution in [-0.2, 0) is 22.7 Å². The van der Waals surface area contributed by atoms with Gasteiger partial charge in [0, 0.05) is 25.7 Å². The molecule has 0 saturated heterocycles. The van der Waals surface area contributed by atoms with Crippen LogP contribution < -0.4 is 4.73 Å². The second-order valence-electron chi connectivity index (χ2n) is 3.92. The van der Waals surface area contributed by atoms with E-state index in [1.165, 1.54) is 6.20 Å². The number of fused-ring (bicyclic) bond motifs is 1. The lowest BCUT2D eigenvalue weighted by molar-refractivity contribution is -0.603. The van der Waals surface area contributed by atoms with E-state index in [9.17, 15) is 5.21 Å². The van der Waals surface area contributed by atoms with E-state index in [1.54, 1.807) is 26.5 Å². The molecule has 1 heterocycles. The molecule has 2 aromatic rings. The number of aromatic nitrogens is 1. The van der Waals surface area contributed by atoms with Gasteiger partial charge in [-0.2, -0.15) is 4.73 Å². The Morgan fingerprint density at radius 1 is 1.06 bits per heavy atom. The molecule has 4 nitrogen and oxygen atoms in total. The summed E-state index contributed by atoms with van der Waals surface area (Å²) in [5.41, 5.74) is 2.14. The molecule has 1 aromatic heterocycles. The summed E-state index contributed by atoms with van der Waals surface area (Å²) < 4.78 is 11.1. The first-order chi connectivity index (χ1) is 8.24. The third-order valence-corrected chi connectivity index (χ3v) is 2.67. The van der Waals surface area contributed by atoms with E-state index < -0.39 is 0 Å². The smallest absolute Gasteiger partial charge is 0.188 e. The number of nitrogens with zero attached hydrogens (tertiary/aromatic N) is 1. The first-order valence-electron chi connectivity index (χ1n) is 5.37. The quantitative estimate of drug-likeness (QED) is 0.597. The summed E-state index contributed by atoms with van der Waals surface area (Å²) in [7, 11) is 3.32. The summed E-state index contributed by atoms with van der Waals surface area (Å²) in [6.45, 7) is 1.06. The fourth-order valence-corrected chi connectivity index (χ4v) is 1.90. The molecule has 0 N–H and O–H groups in total. The number of hydrogen-bond donors (Lipinski definition) is 0. The number of hydrogen-bond acceptors (Lipinski definition) is 3. The van der Waals surface area contributed by atoms with Crippen LogP contribution in [0, 0.1) is 5.21 Å². The monoisotopic (exact) mass is 233 g/mol. The number of methoxy groups -OCH3 is 2. The highest BCUT2D eigenvalue weighted by Gasteiger charge is 2.07. The molecule has 0 aliphatic carbocycles. The Kier molecular flexibility index (Phi) is 3.56. The van der Waals surface area contributed by atoms with Crippen molar-refractivity contribution < 1.29 is 14.2 Å². The Morgan fingerprint density at radius 2 is 1.65 bits per heavy atom. The highest BCUT2D eigenvalue weighted by molar-refractivity contribution is 5.82. The van der Waals surface area contributed by atoms with Gasteiger partial charge in [-0.05, 0) is 28.6 Å². The van der Waals surface area contributed by atoms with Crippen molar-refractivity contribution in [1.82, 2.24) is 0 Å². The lowest BCUT2D eigenvalue weighted by Crippen LogP contribution is -2.23. The molecule has 0 fully saturated rings. The van der Waals surface area contributed by atoms with Crippen LogP contribution in [0.2, 0.25) is 0 Å². The Bertz CT molecular complexity index is 525. The lowest BCUT2D eigenvalue weighted by atomic mass is 10.0. The molecular weight excluding hydrogens is 218 g/mol. The van der Waals surface area contributed by atoms with Crippen LogP contribution in [0.3, 0.4) is 0 Å². The number of rotatable bonds is 4. The minimum absolute atomic E-state index is 0.516. The predicted octanol–water partition coefficient (Wildman–Crippen LogP) is 1.77. The number of pyridine rings is 1. The van der Waals surface area contributed by atoms with Crippen LogP contribution in [0.4, 0.5) is 0 Å². The summed E-state index contributed by atoms with van der Waals surface area (Å²) >= 11 is 0. The maximum atomic E-state index is 11.2. The number of ether oxygens (including phenoxy) is 2. The molecule has 0 saturated carbocycles. The van der Waals surface area contributed by atoms with Gasteiger partial charge in [0.2, 0.25) is 0 Å². The van der Waals surface area contributed by atoms with Crippen molar-refractivity contribution in [2.24, 2.45) is 0 Å². The van der Waals surface area contributed by atoms with E-state index >= 15 is 0 Å². The molecule has 0 atom stereocenters. The third-order valence-electron chi connectivity index (χ3n) is 2.67. The van der Waals surface area contributed by atoms with Crippen molar-refractivity contribution >= 4 is 10.8 Å². The van der Waals surface area contributed by atoms with Gasteiger partial charge in [0.1, 0.15) is 0 Å². The maximum absolute atomic E-state index is 11.2. The first-order valence-corrected chi connectivity index (χ1v) is 5.37. The average molecular weight is 233 g/mol. The highest BCUT2D eigenvalue weighted by Crippen LogP contribution is 2.20. The molecule has 2 rings (SSSR count). The summed E-state index contributed by atoms with van der Waals surface area (Å²) in [6, 6.07) is 5.81. The van der Waals surface area contributed by atoms with Gasteiger partial charge in [-0.3, -0.25) is 0 Å². The van der Waals surface area contributed by atoms with E-state index in [-0.39, 0.29) is 0 Å². The largest absolute Gasteiger partial charge is 0.619 e. The molecule has 4 heteroatoms. The zero-order chi connectivity index (χ0) is 12.3. The van der Waals surface area contributed by atoms with Crippen LogP contribution in [0.5, 0.6) is 0 Å². The zero-order valence-corrected chi connectivity index (χ0v) is 9.97. The second kappa shape index (κ2) is 5.12. The van der Waals surface area contributed by atoms with Gasteiger partial charge in [-0.25, -0.2) is 0 Å². The van der Waals surface area contributed by atoms with Crippen molar-refractivity contribution in [3.05, 3.63) is 46.9 Å². The van der Waals surface area contributed by atoms with E-state index in [2.05, 4.69) is 0 Å². The molecule has 0 aliphatic rings. The van der Waals surface area contributed by atoms with Crippen molar-refractivity contribution in [3.8, 4) is 0 Å². The van der Waals surface area contributed by atoms with Crippen LogP contribution in [-0.4, -0.2) is 14.2 Å². The average Bonchev–Trinajstić information content (AvgIpc) is 2.31. The van der Waals surface area contributed by atoms with Crippen LogP contribution in [0.15, 0.2) is 30.6 Å². The minimum atomic E-state index is 0.516. The van der Waals surface area contributed by atoms with E-state index in [0.29, 0.717) is 13.2 Å². The molecule has 1 aromatic carbocycles. The van der Waals surface area contributed by atoms with Gasteiger partial charge in [0.25, 0.3) is 0 Å². The molecular formula is C13H15NO3. The molecule has 0 aliphatic heterocycles. The predicted molar refractivity (Wildman–Crippen MR) is 64.3 cm³/mol. The molecule has 90 valence electrons. The van der Waals surface area contributed by atoms with E-state index in [1.807, 2.05) is 12.1 Å². The summed E-state index contributed by atoms with van der Waals surface area (Å²) in [6.07, 6.45) is 3.06. The minimum Gasteiger partial charge on any atom is -0.619 e. The standard InChI is InChI=1S/C13H15NO3/c1-16-8-12-5-10-3-4-14(15)7-11(10)6-13(12)9-17-2/h3-7H,8-9H2,1-2H3. The van der Waals surface area contributed by atoms with Crippen LogP contribution >= 0.6 is 0 Å². The molecule has 0 spiro atoms. The SMILES string of the molecule is COCc1cc2cc[n+]([O-])cc2cc1COC. The summed E-state index contributed by atoms with van der Waals surface area (Å²) in [5.74, 6) is 0. The van der Waals surface area contributed by atoms with Gasteiger partial charge < -0.3 is 14.7 Å². The van der Waals surface area contributed by atoms with Crippen molar-refractivity contribution in [2.75, 3.05) is 14.2 Å². The number of benzene rings is 1. The fourth-order valence-electron chi connectivity index (χ4n) is 1.90. The highest BCUT2D eigenvalue weighted by atomic mass is 16.5. The first kappa shape index (κ1) is 11.8. The van der Waals surface area contributed by atoms with Crippen LogP contribution in [0.1, 0.15) is 11.1 Å². The molecule has 0 amide bonds. The maximum Gasteiger partial charge on any atom is 0.188 e. The normalized spacial score (nSPS) is 10.9. The topological polar surface area (TPSA) is 45.4 Å². The summed E-state index contributed by atoms with van der Waals surface area (Å²) in [4.78, 5) is 0. The van der Waals surface area contributed by atoms with Crippen molar-refractivity contribution in [3.63, 3.8) is 0 Å². The second-order valence-corrected chi connectivity index (χ2v) is 3.92. The molecule has 17 heavy (non-hydrogen) atoms. The van der Waals surface area contributed by atoms with Gasteiger partial charge in [0.15, 0.2) is 12.4 Å². The van der Waals surface area contributed by atoms with Gasteiger partial charge in [-0.15, -0.1) is 0 Å². The Labute approximate surface area is 100.0 Å².